The Morgan fingerprint density at radius 3 is 2.41 bits per heavy atom. The maximum atomic E-state index is 11.9. The largest absolute Gasteiger partial charge is 0.339 e. The maximum Gasteiger partial charge on any atom is 0.223 e. The van der Waals surface area contributed by atoms with Crippen LogP contribution < -0.4 is 5.73 Å². The van der Waals surface area contributed by atoms with Crippen molar-refractivity contribution in [2.24, 2.45) is 23.5 Å². The molecule has 0 aromatic heterocycles. The number of carbonyl (C=O) groups excluding carboxylic acids is 1. The summed E-state index contributed by atoms with van der Waals surface area (Å²) in [6.45, 7) is 6.20. The Labute approximate surface area is 105 Å². The predicted octanol–water partition coefficient (Wildman–Crippen LogP) is 2.01. The quantitative estimate of drug-likeness (QED) is 0.817. The van der Waals surface area contributed by atoms with E-state index in [9.17, 15) is 4.79 Å². The van der Waals surface area contributed by atoms with E-state index in [1.807, 2.05) is 0 Å². The van der Waals surface area contributed by atoms with Crippen molar-refractivity contribution in [1.29, 1.82) is 0 Å². The summed E-state index contributed by atoms with van der Waals surface area (Å²) >= 11 is 0. The third kappa shape index (κ3) is 2.82. The second-order valence-electron chi connectivity index (χ2n) is 6.16. The van der Waals surface area contributed by atoms with Gasteiger partial charge in [0.15, 0.2) is 0 Å². The van der Waals surface area contributed by atoms with Crippen LogP contribution in [0.3, 0.4) is 0 Å². The standard InChI is InChI=1S/C14H26N2O/c1-10(2)12-3-5-13(6-4-12)16-9-11(8-15)7-14(16)17/h10-13H,3-9,15H2,1-2H3. The van der Waals surface area contributed by atoms with Gasteiger partial charge in [-0.15, -0.1) is 0 Å². The number of rotatable bonds is 3. The number of hydrogen-bond acceptors (Lipinski definition) is 2. The molecular weight excluding hydrogens is 212 g/mol. The topological polar surface area (TPSA) is 46.3 Å². The molecule has 0 spiro atoms. The number of likely N-dealkylation sites (tertiary alicyclic amines) is 1. The number of hydrogen-bond donors (Lipinski definition) is 1. The summed E-state index contributed by atoms with van der Waals surface area (Å²) < 4.78 is 0. The first-order valence-electron chi connectivity index (χ1n) is 7.11. The smallest absolute Gasteiger partial charge is 0.223 e. The zero-order chi connectivity index (χ0) is 12.4. The molecule has 0 aromatic carbocycles. The molecule has 1 saturated heterocycles. The van der Waals surface area contributed by atoms with E-state index < -0.39 is 0 Å². The summed E-state index contributed by atoms with van der Waals surface area (Å²) in [6.07, 6.45) is 5.66. The summed E-state index contributed by atoms with van der Waals surface area (Å²) in [5, 5.41) is 0. The van der Waals surface area contributed by atoms with E-state index in [0.717, 1.165) is 18.4 Å². The Bertz CT molecular complexity index is 269. The van der Waals surface area contributed by atoms with Gasteiger partial charge in [0.05, 0.1) is 0 Å². The Morgan fingerprint density at radius 2 is 1.94 bits per heavy atom. The molecule has 1 unspecified atom stereocenters. The molecule has 1 amide bonds. The van der Waals surface area contributed by atoms with Crippen molar-refractivity contribution >= 4 is 5.91 Å². The van der Waals surface area contributed by atoms with Crippen LogP contribution in [0.2, 0.25) is 0 Å². The van der Waals surface area contributed by atoms with Gasteiger partial charge in [-0.25, -0.2) is 0 Å². The molecule has 2 N–H and O–H groups in total. The second-order valence-corrected chi connectivity index (χ2v) is 6.16. The van der Waals surface area contributed by atoms with Gasteiger partial charge in [0, 0.05) is 19.0 Å². The highest BCUT2D eigenvalue weighted by atomic mass is 16.2. The van der Waals surface area contributed by atoms with Gasteiger partial charge in [-0.2, -0.15) is 0 Å². The van der Waals surface area contributed by atoms with Crippen LogP contribution in [-0.2, 0) is 4.79 Å². The van der Waals surface area contributed by atoms with E-state index in [1.165, 1.54) is 25.7 Å². The number of carbonyl (C=O) groups is 1. The molecule has 0 radical (unpaired) electrons. The summed E-state index contributed by atoms with van der Waals surface area (Å²) in [5.41, 5.74) is 5.67. The minimum absolute atomic E-state index is 0.341. The molecule has 98 valence electrons. The van der Waals surface area contributed by atoms with Gasteiger partial charge in [-0.1, -0.05) is 13.8 Å². The third-order valence-corrected chi connectivity index (χ3v) is 4.70. The third-order valence-electron chi connectivity index (χ3n) is 4.70. The summed E-state index contributed by atoms with van der Waals surface area (Å²) in [6, 6.07) is 0.508. The van der Waals surface area contributed by atoms with E-state index in [-0.39, 0.29) is 0 Å². The van der Waals surface area contributed by atoms with Crippen LogP contribution in [0.15, 0.2) is 0 Å². The fraction of sp³-hybridized carbons (Fsp3) is 0.929. The van der Waals surface area contributed by atoms with Crippen molar-refractivity contribution in [3.8, 4) is 0 Å². The Hall–Kier alpha value is -0.570. The maximum absolute atomic E-state index is 11.9. The zero-order valence-electron chi connectivity index (χ0n) is 11.2. The van der Waals surface area contributed by atoms with Crippen molar-refractivity contribution in [3.63, 3.8) is 0 Å². The van der Waals surface area contributed by atoms with Crippen LogP contribution in [0, 0.1) is 17.8 Å². The molecule has 1 heterocycles. The van der Waals surface area contributed by atoms with Crippen molar-refractivity contribution in [2.75, 3.05) is 13.1 Å². The fourth-order valence-electron chi connectivity index (χ4n) is 3.40. The van der Waals surface area contributed by atoms with Gasteiger partial charge >= 0.3 is 0 Å². The Balaban J connectivity index is 1.87. The van der Waals surface area contributed by atoms with E-state index in [0.29, 0.717) is 30.8 Å². The average molecular weight is 238 g/mol. The molecule has 2 fully saturated rings. The van der Waals surface area contributed by atoms with Crippen LogP contribution in [0.25, 0.3) is 0 Å². The SMILES string of the molecule is CC(C)C1CCC(N2CC(CN)CC2=O)CC1. The van der Waals surface area contributed by atoms with Crippen molar-refractivity contribution in [3.05, 3.63) is 0 Å². The monoisotopic (exact) mass is 238 g/mol. The first-order chi connectivity index (χ1) is 8.11. The lowest BCUT2D eigenvalue weighted by Gasteiger charge is -2.36. The Morgan fingerprint density at radius 1 is 1.29 bits per heavy atom. The molecular formula is C14H26N2O. The minimum atomic E-state index is 0.341. The highest BCUT2D eigenvalue weighted by Crippen LogP contribution is 2.34. The molecule has 1 atom stereocenters. The normalized spacial score (nSPS) is 34.7. The minimum Gasteiger partial charge on any atom is -0.339 e. The van der Waals surface area contributed by atoms with Crippen LogP contribution in [0.5, 0.6) is 0 Å². The average Bonchev–Trinajstić information content (AvgIpc) is 2.71. The Kier molecular flexibility index (Phi) is 4.08. The number of nitrogens with two attached hydrogens (primary N) is 1. The van der Waals surface area contributed by atoms with Crippen LogP contribution in [0.1, 0.15) is 46.0 Å². The summed E-state index contributed by atoms with van der Waals surface area (Å²) in [5.74, 6) is 2.41. The number of nitrogens with zero attached hydrogens (tertiary/aromatic N) is 1. The van der Waals surface area contributed by atoms with Gasteiger partial charge in [-0.05, 0) is 50.0 Å². The van der Waals surface area contributed by atoms with Crippen molar-refractivity contribution in [1.82, 2.24) is 4.90 Å². The van der Waals surface area contributed by atoms with Crippen molar-refractivity contribution < 1.29 is 4.79 Å². The second kappa shape index (κ2) is 5.38. The molecule has 0 bridgehead atoms. The van der Waals surface area contributed by atoms with Gasteiger partial charge in [0.25, 0.3) is 0 Å². The summed E-state index contributed by atoms with van der Waals surface area (Å²) in [4.78, 5) is 14.0. The van der Waals surface area contributed by atoms with Gasteiger partial charge in [0.2, 0.25) is 5.91 Å². The van der Waals surface area contributed by atoms with E-state index in [1.54, 1.807) is 0 Å². The van der Waals surface area contributed by atoms with Crippen molar-refractivity contribution in [2.45, 2.75) is 52.0 Å². The van der Waals surface area contributed by atoms with E-state index in [4.69, 9.17) is 5.73 Å². The fourth-order valence-corrected chi connectivity index (χ4v) is 3.40. The van der Waals surface area contributed by atoms with Crippen LogP contribution in [0.4, 0.5) is 0 Å². The lowest BCUT2D eigenvalue weighted by atomic mass is 9.79. The first-order valence-corrected chi connectivity index (χ1v) is 7.11. The molecule has 2 rings (SSSR count). The van der Waals surface area contributed by atoms with Crippen LogP contribution in [-0.4, -0.2) is 29.9 Å². The molecule has 3 heteroatoms. The van der Waals surface area contributed by atoms with E-state index in [2.05, 4.69) is 18.7 Å². The van der Waals surface area contributed by atoms with Gasteiger partial charge < -0.3 is 10.6 Å². The molecule has 3 nitrogen and oxygen atoms in total. The molecule has 17 heavy (non-hydrogen) atoms. The number of amides is 1. The first kappa shape index (κ1) is 12.9. The zero-order valence-corrected chi connectivity index (χ0v) is 11.2. The molecule has 1 saturated carbocycles. The predicted molar refractivity (Wildman–Crippen MR) is 69.5 cm³/mol. The van der Waals surface area contributed by atoms with E-state index >= 15 is 0 Å². The molecule has 2 aliphatic rings. The lowest BCUT2D eigenvalue weighted by molar-refractivity contribution is -0.130. The highest BCUT2D eigenvalue weighted by Gasteiger charge is 2.35. The van der Waals surface area contributed by atoms with Gasteiger partial charge in [0.1, 0.15) is 0 Å². The lowest BCUT2D eigenvalue weighted by Crippen LogP contribution is -2.40. The van der Waals surface area contributed by atoms with Crippen LogP contribution >= 0.6 is 0 Å². The molecule has 0 aromatic rings. The molecule has 1 aliphatic heterocycles. The summed E-state index contributed by atoms with van der Waals surface area (Å²) in [7, 11) is 0. The molecule has 1 aliphatic carbocycles. The highest BCUT2D eigenvalue weighted by molar-refractivity contribution is 5.79. The van der Waals surface area contributed by atoms with Gasteiger partial charge in [-0.3, -0.25) is 4.79 Å².